The standard InChI is InChI=1S/C13H26N2O4/c1-4-10(2)11(12(17)18)14-13(19)15(3)8-6-5-7-9-16/h10-11,16H,4-9H2,1-3H3,(H,14,19)(H,17,18). The topological polar surface area (TPSA) is 89.9 Å². The van der Waals surface area contributed by atoms with Gasteiger partial charge in [0, 0.05) is 20.2 Å². The number of carboxylic acids is 1. The molecule has 0 aliphatic carbocycles. The third-order valence-corrected chi connectivity index (χ3v) is 3.26. The number of unbranched alkanes of at least 4 members (excludes halogenated alkanes) is 2. The normalized spacial score (nSPS) is 13.7. The zero-order valence-corrected chi connectivity index (χ0v) is 12.1. The SMILES string of the molecule is CCC(C)C(NC(=O)N(C)CCCCCO)C(=O)O. The number of amides is 2. The highest BCUT2D eigenvalue weighted by Crippen LogP contribution is 2.08. The lowest BCUT2D eigenvalue weighted by Crippen LogP contribution is -2.49. The molecule has 6 nitrogen and oxygen atoms in total. The monoisotopic (exact) mass is 274 g/mol. The summed E-state index contributed by atoms with van der Waals surface area (Å²) >= 11 is 0. The Bertz CT molecular complexity index is 284. The van der Waals surface area contributed by atoms with Crippen molar-refractivity contribution >= 4 is 12.0 Å². The van der Waals surface area contributed by atoms with Crippen LogP contribution in [0.4, 0.5) is 4.79 Å². The van der Waals surface area contributed by atoms with Crippen molar-refractivity contribution in [3.05, 3.63) is 0 Å². The lowest BCUT2D eigenvalue weighted by molar-refractivity contribution is -0.140. The quantitative estimate of drug-likeness (QED) is 0.553. The molecule has 3 N–H and O–H groups in total. The Balaban J connectivity index is 4.20. The van der Waals surface area contributed by atoms with Crippen LogP contribution in [0.15, 0.2) is 0 Å². The van der Waals surface area contributed by atoms with Crippen molar-refractivity contribution in [3.8, 4) is 0 Å². The van der Waals surface area contributed by atoms with Crippen LogP contribution in [-0.4, -0.2) is 53.4 Å². The molecule has 0 saturated heterocycles. The molecule has 0 radical (unpaired) electrons. The first kappa shape index (κ1) is 17.7. The molecule has 112 valence electrons. The summed E-state index contributed by atoms with van der Waals surface area (Å²) < 4.78 is 0. The Morgan fingerprint density at radius 2 is 1.89 bits per heavy atom. The number of carboxylic acid groups (broad SMARTS) is 1. The second kappa shape index (κ2) is 9.61. The molecule has 0 bridgehead atoms. The minimum atomic E-state index is -1.00. The summed E-state index contributed by atoms with van der Waals surface area (Å²) in [6.45, 7) is 4.41. The third-order valence-electron chi connectivity index (χ3n) is 3.26. The van der Waals surface area contributed by atoms with Gasteiger partial charge in [-0.2, -0.15) is 0 Å². The molecule has 2 unspecified atom stereocenters. The molecule has 0 rings (SSSR count). The van der Waals surface area contributed by atoms with E-state index in [1.54, 1.807) is 14.0 Å². The summed E-state index contributed by atoms with van der Waals surface area (Å²) in [5.74, 6) is -1.11. The van der Waals surface area contributed by atoms with Gasteiger partial charge in [-0.1, -0.05) is 20.3 Å². The summed E-state index contributed by atoms with van der Waals surface area (Å²) in [6.07, 6.45) is 3.06. The van der Waals surface area contributed by atoms with E-state index in [-0.39, 0.29) is 18.6 Å². The molecular weight excluding hydrogens is 248 g/mol. The van der Waals surface area contributed by atoms with Crippen molar-refractivity contribution in [1.29, 1.82) is 0 Å². The zero-order chi connectivity index (χ0) is 14.8. The molecule has 0 fully saturated rings. The Hall–Kier alpha value is -1.30. The molecule has 0 aromatic heterocycles. The maximum absolute atomic E-state index is 11.8. The van der Waals surface area contributed by atoms with E-state index < -0.39 is 12.0 Å². The predicted octanol–water partition coefficient (Wildman–Crippen LogP) is 1.29. The largest absolute Gasteiger partial charge is 0.480 e. The minimum absolute atomic E-state index is 0.107. The number of hydrogen-bond donors (Lipinski definition) is 3. The second-order valence-electron chi connectivity index (χ2n) is 4.86. The first-order chi connectivity index (χ1) is 8.93. The van der Waals surface area contributed by atoms with Gasteiger partial charge in [0.05, 0.1) is 0 Å². The molecule has 0 spiro atoms. The minimum Gasteiger partial charge on any atom is -0.480 e. The van der Waals surface area contributed by atoms with Crippen LogP contribution in [0.1, 0.15) is 39.5 Å². The average Bonchev–Trinajstić information content (AvgIpc) is 2.39. The molecule has 0 aliphatic heterocycles. The van der Waals surface area contributed by atoms with E-state index in [1.807, 2.05) is 6.92 Å². The summed E-state index contributed by atoms with van der Waals surface area (Å²) in [7, 11) is 1.64. The average molecular weight is 274 g/mol. The smallest absolute Gasteiger partial charge is 0.326 e. The van der Waals surface area contributed by atoms with E-state index in [2.05, 4.69) is 5.32 Å². The molecule has 2 amide bonds. The van der Waals surface area contributed by atoms with Gasteiger partial charge < -0.3 is 20.4 Å². The first-order valence-corrected chi connectivity index (χ1v) is 6.79. The van der Waals surface area contributed by atoms with Crippen LogP contribution in [-0.2, 0) is 4.79 Å². The van der Waals surface area contributed by atoms with Gasteiger partial charge in [-0.25, -0.2) is 9.59 Å². The highest BCUT2D eigenvalue weighted by atomic mass is 16.4. The Kier molecular flexibility index (Phi) is 8.95. The van der Waals surface area contributed by atoms with Crippen LogP contribution in [0.2, 0.25) is 0 Å². The van der Waals surface area contributed by atoms with Crippen molar-refractivity contribution < 1.29 is 19.8 Å². The number of carbonyl (C=O) groups is 2. The maximum atomic E-state index is 11.8. The number of carbonyl (C=O) groups excluding carboxylic acids is 1. The second-order valence-corrected chi connectivity index (χ2v) is 4.86. The van der Waals surface area contributed by atoms with Crippen LogP contribution in [0, 0.1) is 5.92 Å². The highest BCUT2D eigenvalue weighted by Gasteiger charge is 2.26. The molecule has 0 aromatic rings. The summed E-state index contributed by atoms with van der Waals surface area (Å²) in [4.78, 5) is 24.4. The number of nitrogens with zero attached hydrogens (tertiary/aromatic N) is 1. The lowest BCUT2D eigenvalue weighted by atomic mass is 9.99. The van der Waals surface area contributed by atoms with Crippen LogP contribution in [0.5, 0.6) is 0 Å². The van der Waals surface area contributed by atoms with Crippen LogP contribution < -0.4 is 5.32 Å². The lowest BCUT2D eigenvalue weighted by Gasteiger charge is -2.24. The molecular formula is C13H26N2O4. The fourth-order valence-electron chi connectivity index (χ4n) is 1.67. The summed E-state index contributed by atoms with van der Waals surface area (Å²) in [5, 5.41) is 20.3. The van der Waals surface area contributed by atoms with Crippen LogP contribution in [0.25, 0.3) is 0 Å². The van der Waals surface area contributed by atoms with Gasteiger partial charge >= 0.3 is 12.0 Å². The molecule has 6 heteroatoms. The van der Waals surface area contributed by atoms with E-state index in [1.165, 1.54) is 4.90 Å². The van der Waals surface area contributed by atoms with E-state index in [9.17, 15) is 9.59 Å². The number of aliphatic hydroxyl groups is 1. The molecule has 0 saturated carbocycles. The van der Waals surface area contributed by atoms with Crippen molar-refractivity contribution in [2.75, 3.05) is 20.2 Å². The Morgan fingerprint density at radius 3 is 2.37 bits per heavy atom. The first-order valence-electron chi connectivity index (χ1n) is 6.79. The number of aliphatic hydroxyl groups excluding tert-OH is 1. The van der Waals surface area contributed by atoms with Gasteiger partial charge in [0.25, 0.3) is 0 Å². The van der Waals surface area contributed by atoms with Crippen LogP contribution >= 0.6 is 0 Å². The van der Waals surface area contributed by atoms with E-state index in [0.717, 1.165) is 19.3 Å². The number of aliphatic carboxylic acids is 1. The van der Waals surface area contributed by atoms with E-state index >= 15 is 0 Å². The fraction of sp³-hybridized carbons (Fsp3) is 0.846. The number of nitrogens with one attached hydrogen (secondary N) is 1. The van der Waals surface area contributed by atoms with Gasteiger partial charge in [-0.15, -0.1) is 0 Å². The van der Waals surface area contributed by atoms with Gasteiger partial charge in [0.1, 0.15) is 6.04 Å². The molecule has 19 heavy (non-hydrogen) atoms. The van der Waals surface area contributed by atoms with Gasteiger partial charge in [0.15, 0.2) is 0 Å². The van der Waals surface area contributed by atoms with Gasteiger partial charge in [-0.3, -0.25) is 0 Å². The van der Waals surface area contributed by atoms with E-state index in [4.69, 9.17) is 10.2 Å². The zero-order valence-electron chi connectivity index (χ0n) is 12.1. The highest BCUT2D eigenvalue weighted by molar-refractivity contribution is 5.82. The van der Waals surface area contributed by atoms with Gasteiger partial charge in [0.2, 0.25) is 0 Å². The van der Waals surface area contributed by atoms with Crippen molar-refractivity contribution in [3.63, 3.8) is 0 Å². The molecule has 0 aliphatic rings. The molecule has 0 heterocycles. The van der Waals surface area contributed by atoms with Crippen molar-refractivity contribution in [2.24, 2.45) is 5.92 Å². The number of hydrogen-bond acceptors (Lipinski definition) is 3. The summed E-state index contributed by atoms with van der Waals surface area (Å²) in [5.41, 5.74) is 0. The van der Waals surface area contributed by atoms with Crippen molar-refractivity contribution in [2.45, 2.75) is 45.6 Å². The maximum Gasteiger partial charge on any atom is 0.326 e. The van der Waals surface area contributed by atoms with E-state index in [0.29, 0.717) is 13.0 Å². The van der Waals surface area contributed by atoms with Crippen LogP contribution in [0.3, 0.4) is 0 Å². The summed E-state index contributed by atoms with van der Waals surface area (Å²) in [6, 6.07) is -1.21. The Labute approximate surface area is 114 Å². The Morgan fingerprint density at radius 1 is 1.26 bits per heavy atom. The number of rotatable bonds is 9. The predicted molar refractivity (Wildman–Crippen MR) is 73.0 cm³/mol. The van der Waals surface area contributed by atoms with Crippen molar-refractivity contribution in [1.82, 2.24) is 10.2 Å². The fourth-order valence-corrected chi connectivity index (χ4v) is 1.67. The van der Waals surface area contributed by atoms with Gasteiger partial charge in [-0.05, 0) is 25.2 Å². The molecule has 0 aromatic carbocycles. The third kappa shape index (κ3) is 7.00. The number of urea groups is 1. The molecule has 2 atom stereocenters.